The van der Waals surface area contributed by atoms with Crippen LogP contribution in [-0.2, 0) is 11.3 Å². The number of anilines is 1. The Morgan fingerprint density at radius 3 is 2.92 bits per heavy atom. The van der Waals surface area contributed by atoms with E-state index in [0.717, 1.165) is 36.4 Å². The molecule has 0 unspecified atom stereocenters. The standard InChI is InChI=1S/C18H19N5O/c24-18(12-23-13-20-15-5-1-2-6-16(15)23)21-14-8-10-22(11-14)17-7-3-4-9-19-17/h1-7,9,13-14H,8,10-12H2,(H,21,24)/t14-/m1/s1. The Labute approximate surface area is 140 Å². The highest BCUT2D eigenvalue weighted by Gasteiger charge is 2.24. The zero-order chi connectivity index (χ0) is 16.4. The fourth-order valence-electron chi connectivity index (χ4n) is 3.19. The van der Waals surface area contributed by atoms with Gasteiger partial charge in [-0.2, -0.15) is 0 Å². The van der Waals surface area contributed by atoms with Gasteiger partial charge in [-0.1, -0.05) is 18.2 Å². The van der Waals surface area contributed by atoms with E-state index in [1.807, 2.05) is 47.0 Å². The summed E-state index contributed by atoms with van der Waals surface area (Å²) in [5.74, 6) is 0.987. The number of nitrogens with one attached hydrogen (secondary N) is 1. The van der Waals surface area contributed by atoms with Crippen LogP contribution in [-0.4, -0.2) is 39.6 Å². The minimum atomic E-state index is 0.0195. The largest absolute Gasteiger partial charge is 0.354 e. The highest BCUT2D eigenvalue weighted by Crippen LogP contribution is 2.17. The number of imidazole rings is 1. The van der Waals surface area contributed by atoms with Gasteiger partial charge >= 0.3 is 0 Å². The third kappa shape index (κ3) is 2.95. The molecule has 1 aliphatic heterocycles. The Kier molecular flexibility index (Phi) is 3.86. The molecule has 0 bridgehead atoms. The smallest absolute Gasteiger partial charge is 0.240 e. The normalized spacial score (nSPS) is 17.3. The van der Waals surface area contributed by atoms with Crippen LogP contribution in [0, 0.1) is 0 Å². The van der Waals surface area contributed by atoms with E-state index in [-0.39, 0.29) is 11.9 Å². The Morgan fingerprint density at radius 2 is 2.04 bits per heavy atom. The van der Waals surface area contributed by atoms with Crippen LogP contribution in [0.15, 0.2) is 55.0 Å². The zero-order valence-corrected chi connectivity index (χ0v) is 13.3. The molecular formula is C18H19N5O. The lowest BCUT2D eigenvalue weighted by molar-refractivity contribution is -0.122. The molecule has 1 amide bonds. The maximum Gasteiger partial charge on any atom is 0.240 e. The van der Waals surface area contributed by atoms with Crippen LogP contribution >= 0.6 is 0 Å². The molecule has 3 aromatic rings. The van der Waals surface area contributed by atoms with Crippen molar-refractivity contribution in [3.63, 3.8) is 0 Å². The third-order valence-corrected chi connectivity index (χ3v) is 4.37. The second kappa shape index (κ2) is 6.31. The van der Waals surface area contributed by atoms with Crippen LogP contribution < -0.4 is 10.2 Å². The molecule has 24 heavy (non-hydrogen) atoms. The van der Waals surface area contributed by atoms with E-state index in [1.54, 1.807) is 12.5 Å². The quantitative estimate of drug-likeness (QED) is 0.796. The van der Waals surface area contributed by atoms with E-state index in [1.165, 1.54) is 0 Å². The van der Waals surface area contributed by atoms with Crippen LogP contribution in [0.3, 0.4) is 0 Å². The Morgan fingerprint density at radius 1 is 1.17 bits per heavy atom. The zero-order valence-electron chi connectivity index (χ0n) is 13.3. The number of amides is 1. The van der Waals surface area contributed by atoms with Gasteiger partial charge in [-0.3, -0.25) is 4.79 Å². The van der Waals surface area contributed by atoms with E-state index in [0.29, 0.717) is 6.54 Å². The molecule has 1 N–H and O–H groups in total. The van der Waals surface area contributed by atoms with E-state index in [2.05, 4.69) is 20.2 Å². The van der Waals surface area contributed by atoms with Gasteiger partial charge in [0.25, 0.3) is 0 Å². The van der Waals surface area contributed by atoms with Gasteiger partial charge in [0, 0.05) is 25.3 Å². The molecule has 3 heterocycles. The number of aromatic nitrogens is 3. The summed E-state index contributed by atoms with van der Waals surface area (Å²) in [4.78, 5) is 23.3. The number of carbonyl (C=O) groups excluding carboxylic acids is 1. The average molecular weight is 321 g/mol. The Hall–Kier alpha value is -2.89. The minimum Gasteiger partial charge on any atom is -0.354 e. The molecule has 1 fully saturated rings. The molecule has 6 nitrogen and oxygen atoms in total. The summed E-state index contributed by atoms with van der Waals surface area (Å²) in [7, 11) is 0. The maximum absolute atomic E-state index is 12.4. The Bertz CT molecular complexity index is 845. The molecule has 1 saturated heterocycles. The lowest BCUT2D eigenvalue weighted by Crippen LogP contribution is -2.38. The number of benzene rings is 1. The van der Waals surface area contributed by atoms with Crippen molar-refractivity contribution < 1.29 is 4.79 Å². The van der Waals surface area contributed by atoms with Crippen molar-refractivity contribution in [3.05, 3.63) is 55.0 Å². The number of carbonyl (C=O) groups is 1. The number of fused-ring (bicyclic) bond motifs is 1. The third-order valence-electron chi connectivity index (χ3n) is 4.37. The first kappa shape index (κ1) is 14.7. The van der Waals surface area contributed by atoms with Gasteiger partial charge in [-0.05, 0) is 30.7 Å². The van der Waals surface area contributed by atoms with Gasteiger partial charge in [-0.15, -0.1) is 0 Å². The maximum atomic E-state index is 12.4. The number of para-hydroxylation sites is 2. The highest BCUT2D eigenvalue weighted by atomic mass is 16.2. The second-order valence-electron chi connectivity index (χ2n) is 6.05. The topological polar surface area (TPSA) is 63.1 Å². The molecule has 4 rings (SSSR count). The van der Waals surface area contributed by atoms with Crippen LogP contribution in [0.25, 0.3) is 11.0 Å². The summed E-state index contributed by atoms with van der Waals surface area (Å²) in [5.41, 5.74) is 1.89. The van der Waals surface area contributed by atoms with Crippen LogP contribution in [0.5, 0.6) is 0 Å². The number of pyridine rings is 1. The number of hydrogen-bond donors (Lipinski definition) is 1. The number of hydrogen-bond acceptors (Lipinski definition) is 4. The van der Waals surface area contributed by atoms with Gasteiger partial charge in [0.1, 0.15) is 12.4 Å². The molecule has 122 valence electrons. The lowest BCUT2D eigenvalue weighted by atomic mass is 10.2. The molecule has 1 aliphatic rings. The molecule has 2 aromatic heterocycles. The molecule has 0 aliphatic carbocycles. The van der Waals surface area contributed by atoms with Gasteiger partial charge in [0.15, 0.2) is 0 Å². The van der Waals surface area contributed by atoms with E-state index >= 15 is 0 Å². The SMILES string of the molecule is O=C(Cn1cnc2ccccc21)N[C@@H]1CCN(c2ccccn2)C1. The molecule has 1 aromatic carbocycles. The fraction of sp³-hybridized carbons (Fsp3) is 0.278. The van der Waals surface area contributed by atoms with Gasteiger partial charge in [-0.25, -0.2) is 9.97 Å². The molecule has 1 atom stereocenters. The van der Waals surface area contributed by atoms with Crippen molar-refractivity contribution in [2.45, 2.75) is 19.0 Å². The average Bonchev–Trinajstić information content (AvgIpc) is 3.23. The minimum absolute atomic E-state index is 0.0195. The van der Waals surface area contributed by atoms with Crippen molar-refractivity contribution >= 4 is 22.8 Å². The predicted octanol–water partition coefficient (Wildman–Crippen LogP) is 1.83. The van der Waals surface area contributed by atoms with Crippen LogP contribution in [0.4, 0.5) is 5.82 Å². The fourth-order valence-corrected chi connectivity index (χ4v) is 3.19. The van der Waals surface area contributed by atoms with E-state index in [9.17, 15) is 4.79 Å². The van der Waals surface area contributed by atoms with Crippen molar-refractivity contribution in [1.29, 1.82) is 0 Å². The number of nitrogens with zero attached hydrogens (tertiary/aromatic N) is 4. The predicted molar refractivity (Wildman–Crippen MR) is 92.7 cm³/mol. The van der Waals surface area contributed by atoms with Gasteiger partial charge < -0.3 is 14.8 Å². The summed E-state index contributed by atoms with van der Waals surface area (Å²) in [5, 5.41) is 3.12. The van der Waals surface area contributed by atoms with Gasteiger partial charge in [0.2, 0.25) is 5.91 Å². The van der Waals surface area contributed by atoms with Crippen LogP contribution in [0.1, 0.15) is 6.42 Å². The molecule has 6 heteroatoms. The van der Waals surface area contributed by atoms with Crippen LogP contribution in [0.2, 0.25) is 0 Å². The summed E-state index contributed by atoms with van der Waals surface area (Å²) in [6.07, 6.45) is 4.46. The first-order valence-electron chi connectivity index (χ1n) is 8.15. The lowest BCUT2D eigenvalue weighted by Gasteiger charge is -2.17. The second-order valence-corrected chi connectivity index (χ2v) is 6.05. The molecular weight excluding hydrogens is 302 g/mol. The summed E-state index contributed by atoms with van der Waals surface area (Å²) in [6, 6.07) is 13.9. The van der Waals surface area contributed by atoms with Crippen molar-refractivity contribution in [2.24, 2.45) is 0 Å². The summed E-state index contributed by atoms with van der Waals surface area (Å²) >= 11 is 0. The Balaban J connectivity index is 1.37. The molecule has 0 saturated carbocycles. The monoisotopic (exact) mass is 321 g/mol. The van der Waals surface area contributed by atoms with Gasteiger partial charge in [0.05, 0.1) is 17.4 Å². The van der Waals surface area contributed by atoms with E-state index < -0.39 is 0 Å². The number of rotatable bonds is 4. The van der Waals surface area contributed by atoms with Crippen molar-refractivity contribution in [1.82, 2.24) is 19.9 Å². The molecule has 0 radical (unpaired) electrons. The summed E-state index contributed by atoms with van der Waals surface area (Å²) < 4.78 is 1.89. The van der Waals surface area contributed by atoms with E-state index in [4.69, 9.17) is 0 Å². The van der Waals surface area contributed by atoms with Crippen molar-refractivity contribution in [3.8, 4) is 0 Å². The summed E-state index contributed by atoms with van der Waals surface area (Å²) in [6.45, 7) is 2.00. The first-order valence-corrected chi connectivity index (χ1v) is 8.15. The highest BCUT2D eigenvalue weighted by molar-refractivity contribution is 5.80. The molecule has 0 spiro atoms. The first-order chi connectivity index (χ1) is 11.8. The van der Waals surface area contributed by atoms with Crippen molar-refractivity contribution in [2.75, 3.05) is 18.0 Å².